The second kappa shape index (κ2) is 16.3. The van der Waals surface area contributed by atoms with Gasteiger partial charge in [-0.15, -0.1) is 0 Å². The van der Waals surface area contributed by atoms with Crippen LogP contribution < -0.4 is 16.0 Å². The van der Waals surface area contributed by atoms with Crippen LogP contribution in [0.1, 0.15) is 64.9 Å². The predicted octanol–water partition coefficient (Wildman–Crippen LogP) is 4.10. The fraction of sp³-hybridized carbons (Fsp3) is 0.417. The van der Waals surface area contributed by atoms with E-state index in [4.69, 9.17) is 9.79 Å². The number of fused-ring (bicyclic) bond motifs is 2. The molecule has 12 nitrogen and oxygen atoms in total. The minimum absolute atomic E-state index is 0.126. The van der Waals surface area contributed by atoms with Crippen LogP contribution in [0, 0.1) is 31.5 Å². The average molecular weight is 711 g/mol. The molecule has 0 saturated carbocycles. The molecule has 1 aromatic heterocycles. The number of unbranched alkanes of at least 4 members (excludes halogenated alkanes) is 1. The largest absolute Gasteiger partial charge is 0.469 e. The number of benzene rings is 2. The van der Waals surface area contributed by atoms with E-state index < -0.39 is 25.6 Å². The number of aliphatic hydroxyl groups is 1. The van der Waals surface area contributed by atoms with Gasteiger partial charge < -0.3 is 35.8 Å². The van der Waals surface area contributed by atoms with E-state index in [1.54, 1.807) is 6.08 Å². The number of aliphatic hydroxyl groups excluding tert-OH is 1. The number of H-pyrrole nitrogens is 1. The second-order valence-electron chi connectivity index (χ2n) is 13.1. The van der Waals surface area contributed by atoms with Crippen LogP contribution in [-0.2, 0) is 42.7 Å². The summed E-state index contributed by atoms with van der Waals surface area (Å²) in [5.74, 6) is -1.87. The lowest BCUT2D eigenvalue weighted by Crippen LogP contribution is -2.51. The maximum absolute atomic E-state index is 13.9. The molecule has 0 spiro atoms. The lowest BCUT2D eigenvalue weighted by molar-refractivity contribution is -0.130. The van der Waals surface area contributed by atoms with Gasteiger partial charge in [0.15, 0.2) is 0 Å². The summed E-state index contributed by atoms with van der Waals surface area (Å²) in [4.78, 5) is 60.7. The number of nitrogens with one attached hydrogen (secondary N) is 4. The molecule has 268 valence electrons. The molecule has 0 radical (unpaired) electrons. The Morgan fingerprint density at radius 3 is 2.52 bits per heavy atom. The van der Waals surface area contributed by atoms with Crippen LogP contribution in [0.25, 0.3) is 11.6 Å². The standard InChI is InChI=1S/C36H44FN4O8P/c1-21-28(22(2)39-32(21)18-30-29-17-27(37)10-12-31(29)40-35(30)44)11-13-33(43)41-34(26-15-24-8-3-4-9-25(24)16-26)36(45)38-14-6-5-7-23(19-42)20-49-50(46,47)48/h3-4,8-10,12,17-18,23,26,34,39,42H,5-7,11,13-16,19-20H2,1-2H3,(H,38,45)(H,40,44)(H,41,43)(H2,46,47,48). The molecule has 0 fully saturated rings. The Hall–Kier alpha value is -4.13. The van der Waals surface area contributed by atoms with E-state index in [1.807, 2.05) is 38.1 Å². The lowest BCUT2D eigenvalue weighted by atomic mass is 9.95. The van der Waals surface area contributed by atoms with Crippen molar-refractivity contribution in [3.63, 3.8) is 0 Å². The average Bonchev–Trinajstić information content (AvgIpc) is 3.72. The third-order valence-corrected chi connectivity index (χ3v) is 10.0. The van der Waals surface area contributed by atoms with Crippen molar-refractivity contribution in [2.45, 2.75) is 64.8 Å². The number of anilines is 1. The van der Waals surface area contributed by atoms with Gasteiger partial charge in [0, 0.05) is 48.1 Å². The van der Waals surface area contributed by atoms with Crippen LogP contribution in [0.4, 0.5) is 10.1 Å². The minimum atomic E-state index is -4.62. The van der Waals surface area contributed by atoms with Crippen LogP contribution in [0.2, 0.25) is 0 Å². The summed E-state index contributed by atoms with van der Waals surface area (Å²) in [5, 5.41) is 18.2. The van der Waals surface area contributed by atoms with Gasteiger partial charge >= 0.3 is 7.82 Å². The zero-order valence-electron chi connectivity index (χ0n) is 28.1. The number of hydrogen-bond donors (Lipinski definition) is 7. The first-order valence-electron chi connectivity index (χ1n) is 16.8. The van der Waals surface area contributed by atoms with Gasteiger partial charge in [0.25, 0.3) is 5.91 Å². The number of aromatic nitrogens is 1. The van der Waals surface area contributed by atoms with Gasteiger partial charge in [-0.1, -0.05) is 30.7 Å². The number of hydrogen-bond acceptors (Lipinski definition) is 6. The third kappa shape index (κ3) is 9.35. The fourth-order valence-electron chi connectivity index (χ4n) is 6.80. The third-order valence-electron chi connectivity index (χ3n) is 9.51. The molecule has 0 bridgehead atoms. The predicted molar refractivity (Wildman–Crippen MR) is 186 cm³/mol. The number of aromatic amines is 1. The highest BCUT2D eigenvalue weighted by atomic mass is 31.2. The summed E-state index contributed by atoms with van der Waals surface area (Å²) in [5.41, 5.74) is 7.02. The number of amides is 3. The molecule has 2 unspecified atom stereocenters. The summed E-state index contributed by atoms with van der Waals surface area (Å²) in [7, 11) is -4.62. The number of rotatable bonds is 16. The van der Waals surface area contributed by atoms with Gasteiger partial charge in [0.05, 0.1) is 12.2 Å². The Morgan fingerprint density at radius 2 is 1.84 bits per heavy atom. The van der Waals surface area contributed by atoms with Crippen LogP contribution in [0.3, 0.4) is 0 Å². The lowest BCUT2D eigenvalue weighted by Gasteiger charge is -2.24. The molecule has 3 aromatic rings. The highest BCUT2D eigenvalue weighted by Gasteiger charge is 2.34. The number of halogens is 1. The Labute approximate surface area is 290 Å². The first-order chi connectivity index (χ1) is 23.8. The van der Waals surface area contributed by atoms with E-state index in [-0.39, 0.29) is 43.3 Å². The first kappa shape index (κ1) is 37.1. The fourth-order valence-corrected chi connectivity index (χ4v) is 7.21. The minimum Gasteiger partial charge on any atom is -0.396 e. The van der Waals surface area contributed by atoms with Crippen molar-refractivity contribution in [1.29, 1.82) is 0 Å². The summed E-state index contributed by atoms with van der Waals surface area (Å²) in [6.07, 6.45) is 5.15. The van der Waals surface area contributed by atoms with Crippen molar-refractivity contribution in [1.82, 2.24) is 15.6 Å². The van der Waals surface area contributed by atoms with Gasteiger partial charge in [0.2, 0.25) is 11.8 Å². The van der Waals surface area contributed by atoms with Gasteiger partial charge in [-0.05, 0) is 98.4 Å². The van der Waals surface area contributed by atoms with Crippen LogP contribution in [0.15, 0.2) is 42.5 Å². The molecule has 3 amide bonds. The van der Waals surface area contributed by atoms with Gasteiger partial charge in [-0.2, -0.15) is 0 Å². The summed E-state index contributed by atoms with van der Waals surface area (Å²) in [6.45, 7) is 3.58. The monoisotopic (exact) mass is 710 g/mol. The van der Waals surface area contributed by atoms with E-state index in [1.165, 1.54) is 18.2 Å². The molecule has 0 saturated heterocycles. The highest BCUT2D eigenvalue weighted by Crippen LogP contribution is 2.37. The number of phosphoric ester groups is 1. The quantitative estimate of drug-likeness (QED) is 0.0657. The summed E-state index contributed by atoms with van der Waals surface area (Å²) >= 11 is 0. The zero-order valence-corrected chi connectivity index (χ0v) is 29.0. The topological polar surface area (TPSA) is 190 Å². The molecule has 5 rings (SSSR count). The Kier molecular flexibility index (Phi) is 12.1. The van der Waals surface area contributed by atoms with Crippen LogP contribution >= 0.6 is 7.82 Å². The molecule has 2 aromatic carbocycles. The number of carbonyl (C=O) groups is 3. The molecular weight excluding hydrogens is 666 g/mol. The van der Waals surface area contributed by atoms with Crippen LogP contribution in [0.5, 0.6) is 0 Å². The summed E-state index contributed by atoms with van der Waals surface area (Å²) < 4.78 is 29.4. The maximum Gasteiger partial charge on any atom is 0.469 e. The van der Waals surface area contributed by atoms with Crippen molar-refractivity contribution in [2.24, 2.45) is 11.8 Å². The molecular formula is C36H44FN4O8P. The SMILES string of the molecule is Cc1[nH]c(C=C2C(=O)Nc3ccc(F)cc32)c(C)c1CCC(=O)NC(C(=O)NCCCCC(CO)COP(=O)(O)O)C1Cc2ccccc2C1. The molecule has 2 heterocycles. The smallest absolute Gasteiger partial charge is 0.396 e. The van der Waals surface area contributed by atoms with E-state index in [0.717, 1.165) is 27.9 Å². The van der Waals surface area contributed by atoms with Gasteiger partial charge in [0.1, 0.15) is 11.9 Å². The molecule has 14 heteroatoms. The Bertz CT molecular complexity index is 1790. The van der Waals surface area contributed by atoms with Crippen molar-refractivity contribution in [3.8, 4) is 0 Å². The van der Waals surface area contributed by atoms with Crippen molar-refractivity contribution >= 4 is 42.9 Å². The summed E-state index contributed by atoms with van der Waals surface area (Å²) in [6, 6.07) is 11.4. The zero-order chi connectivity index (χ0) is 36.0. The first-order valence-corrected chi connectivity index (χ1v) is 18.3. The number of carbonyl (C=O) groups excluding carboxylic acids is 3. The number of aryl methyl sites for hydroxylation is 1. The van der Waals surface area contributed by atoms with E-state index in [9.17, 15) is 28.4 Å². The van der Waals surface area contributed by atoms with Crippen molar-refractivity contribution in [3.05, 3.63) is 87.5 Å². The molecule has 2 aliphatic rings. The normalized spacial score (nSPS) is 16.2. The molecule has 2 atom stereocenters. The molecule has 1 aliphatic carbocycles. The highest BCUT2D eigenvalue weighted by molar-refractivity contribution is 7.46. The van der Waals surface area contributed by atoms with Crippen molar-refractivity contribution in [2.75, 3.05) is 25.1 Å². The van der Waals surface area contributed by atoms with Gasteiger partial charge in [-0.25, -0.2) is 8.96 Å². The van der Waals surface area contributed by atoms with Crippen LogP contribution in [-0.4, -0.2) is 63.4 Å². The molecule has 7 N–H and O–H groups in total. The second-order valence-corrected chi connectivity index (χ2v) is 14.3. The van der Waals surface area contributed by atoms with Crippen molar-refractivity contribution < 1.29 is 42.8 Å². The Morgan fingerprint density at radius 1 is 1.12 bits per heavy atom. The van der Waals surface area contributed by atoms with E-state index in [2.05, 4.69) is 25.5 Å². The molecule has 50 heavy (non-hydrogen) atoms. The molecule has 1 aliphatic heterocycles. The van der Waals surface area contributed by atoms with E-state index in [0.29, 0.717) is 67.6 Å². The Balaban J connectivity index is 1.20. The van der Waals surface area contributed by atoms with E-state index >= 15 is 0 Å². The van der Waals surface area contributed by atoms with Gasteiger partial charge in [-0.3, -0.25) is 18.9 Å². The number of phosphoric acid groups is 1. The maximum atomic E-state index is 13.9.